The predicted octanol–water partition coefficient (Wildman–Crippen LogP) is 10.5. The molecule has 0 aliphatic heterocycles. The third-order valence-corrected chi connectivity index (χ3v) is 9.97. The highest BCUT2D eigenvalue weighted by Gasteiger charge is 2.52. The van der Waals surface area contributed by atoms with Gasteiger partial charge in [-0.2, -0.15) is 0 Å². The Hall–Kier alpha value is -5.86. The average molecular weight is 571 g/mol. The van der Waals surface area contributed by atoms with E-state index in [9.17, 15) is 0 Å². The lowest BCUT2D eigenvalue weighted by molar-refractivity contribution is 0.796. The minimum Gasteiger partial charge on any atom is -0.263 e. The molecule has 0 saturated carbocycles. The molecule has 0 atom stereocenters. The van der Waals surface area contributed by atoms with Crippen LogP contribution in [0.4, 0.5) is 0 Å². The zero-order valence-corrected chi connectivity index (χ0v) is 24.4. The first kappa shape index (κ1) is 24.6. The molecule has 2 heterocycles. The largest absolute Gasteiger partial charge is 0.263 e. The van der Waals surface area contributed by atoms with Gasteiger partial charge < -0.3 is 0 Å². The summed E-state index contributed by atoms with van der Waals surface area (Å²) in [6.45, 7) is 0. The summed E-state index contributed by atoms with van der Waals surface area (Å²) in [6, 6.07) is 51.3. The zero-order valence-electron chi connectivity index (χ0n) is 24.4. The molecule has 8 aromatic rings. The van der Waals surface area contributed by atoms with Gasteiger partial charge in [0.05, 0.1) is 11.1 Å². The van der Waals surface area contributed by atoms with E-state index in [1.807, 2.05) is 36.8 Å². The van der Waals surface area contributed by atoms with Crippen molar-refractivity contribution in [3.05, 3.63) is 180 Å². The molecule has 45 heavy (non-hydrogen) atoms. The number of rotatable bonds is 2. The molecule has 0 bridgehead atoms. The quantitative estimate of drug-likeness (QED) is 0.207. The molecule has 10 rings (SSSR count). The summed E-state index contributed by atoms with van der Waals surface area (Å²) in [5.41, 5.74) is 14.4. The van der Waals surface area contributed by atoms with Gasteiger partial charge in [0.1, 0.15) is 0 Å². The van der Waals surface area contributed by atoms with E-state index in [2.05, 4.69) is 126 Å². The van der Waals surface area contributed by atoms with E-state index >= 15 is 0 Å². The Morgan fingerprint density at radius 1 is 0.422 bits per heavy atom. The van der Waals surface area contributed by atoms with E-state index in [1.165, 1.54) is 71.6 Å². The summed E-state index contributed by atoms with van der Waals surface area (Å²) in [5, 5.41) is 5.02. The lowest BCUT2D eigenvalue weighted by atomic mass is 9.69. The van der Waals surface area contributed by atoms with Crippen LogP contribution in [0.1, 0.15) is 22.3 Å². The van der Waals surface area contributed by atoms with Gasteiger partial charge in [0.2, 0.25) is 0 Å². The Balaban J connectivity index is 1.37. The maximum absolute atomic E-state index is 4.74. The van der Waals surface area contributed by atoms with Crippen molar-refractivity contribution in [2.45, 2.75) is 5.41 Å². The maximum atomic E-state index is 4.74. The first-order valence-electron chi connectivity index (χ1n) is 15.5. The molecule has 6 aromatic carbocycles. The average Bonchev–Trinajstić information content (AvgIpc) is 3.57. The molecule has 2 heteroatoms. The van der Waals surface area contributed by atoms with Gasteiger partial charge in [-0.15, -0.1) is 0 Å². The highest BCUT2D eigenvalue weighted by molar-refractivity contribution is 6.12. The van der Waals surface area contributed by atoms with Crippen LogP contribution in [0.25, 0.3) is 66.2 Å². The van der Waals surface area contributed by atoms with Gasteiger partial charge >= 0.3 is 0 Å². The van der Waals surface area contributed by atoms with Crippen molar-refractivity contribution in [1.82, 2.24) is 9.97 Å². The van der Waals surface area contributed by atoms with Crippen molar-refractivity contribution in [3.8, 4) is 44.6 Å². The van der Waals surface area contributed by atoms with E-state index in [-0.39, 0.29) is 0 Å². The number of hydrogen-bond donors (Lipinski definition) is 0. The lowest BCUT2D eigenvalue weighted by Gasteiger charge is -2.31. The van der Waals surface area contributed by atoms with E-state index in [0.29, 0.717) is 0 Å². The SMILES string of the molecule is c1ccc(-c2cncc(-c3cc4c(c5ccccc35)-c3cc5ccccc5cc3C43c4ccccc4-c4ccccc43)c2)nc1. The second kappa shape index (κ2) is 9.07. The molecule has 0 saturated heterocycles. The third-order valence-electron chi connectivity index (χ3n) is 9.97. The summed E-state index contributed by atoms with van der Waals surface area (Å²) < 4.78 is 0. The first-order valence-corrected chi connectivity index (χ1v) is 15.5. The highest BCUT2D eigenvalue weighted by Crippen LogP contribution is 2.64. The molecule has 1 spiro atoms. The van der Waals surface area contributed by atoms with Gasteiger partial charge in [-0.3, -0.25) is 9.97 Å². The Morgan fingerprint density at radius 3 is 1.82 bits per heavy atom. The van der Waals surface area contributed by atoms with Crippen molar-refractivity contribution >= 4 is 21.5 Å². The van der Waals surface area contributed by atoms with Crippen LogP contribution in [0, 0.1) is 0 Å². The first-order chi connectivity index (χ1) is 22.3. The predicted molar refractivity (Wildman–Crippen MR) is 184 cm³/mol. The van der Waals surface area contributed by atoms with Crippen molar-refractivity contribution in [2.75, 3.05) is 0 Å². The summed E-state index contributed by atoms with van der Waals surface area (Å²) in [4.78, 5) is 9.36. The molecule has 2 aliphatic carbocycles. The number of benzene rings is 6. The second-order valence-electron chi connectivity index (χ2n) is 12.2. The van der Waals surface area contributed by atoms with Crippen LogP contribution >= 0.6 is 0 Å². The summed E-state index contributed by atoms with van der Waals surface area (Å²) in [6.07, 6.45) is 5.75. The summed E-state index contributed by atoms with van der Waals surface area (Å²) in [7, 11) is 0. The van der Waals surface area contributed by atoms with Crippen molar-refractivity contribution in [3.63, 3.8) is 0 Å². The molecule has 0 radical (unpaired) electrons. The molecule has 2 nitrogen and oxygen atoms in total. The smallest absolute Gasteiger partial charge is 0.0726 e. The molecule has 0 unspecified atom stereocenters. The third kappa shape index (κ3) is 3.23. The molecular weight excluding hydrogens is 544 g/mol. The van der Waals surface area contributed by atoms with Gasteiger partial charge in [-0.05, 0) is 108 Å². The van der Waals surface area contributed by atoms with Crippen LogP contribution in [0.5, 0.6) is 0 Å². The fourth-order valence-electron chi connectivity index (χ4n) is 8.18. The molecule has 0 fully saturated rings. The van der Waals surface area contributed by atoms with Gasteiger partial charge in [0.25, 0.3) is 0 Å². The normalized spacial score (nSPS) is 13.5. The Bertz CT molecular complexity index is 2450. The Labute approximate surface area is 261 Å². The summed E-state index contributed by atoms with van der Waals surface area (Å²) in [5.74, 6) is 0. The number of fused-ring (bicyclic) bond motifs is 13. The molecular formula is C43H26N2. The minimum atomic E-state index is -0.438. The van der Waals surface area contributed by atoms with Crippen molar-refractivity contribution in [2.24, 2.45) is 0 Å². The van der Waals surface area contributed by atoms with Gasteiger partial charge in [0, 0.05) is 29.7 Å². The topological polar surface area (TPSA) is 25.8 Å². The standard InChI is InChI=1S/C43H26N2/c1-2-12-28-23-39-36(22-27(28)11-1)42-34-16-4-3-13-31(34)35(29-21-30(26-44-25-29)41-19-9-10-20-45-41)24-40(42)43(39)37-17-7-5-14-32(37)33-15-6-8-18-38(33)43/h1-26H. The number of nitrogens with zero attached hydrogens (tertiary/aromatic N) is 2. The van der Waals surface area contributed by atoms with Crippen molar-refractivity contribution < 1.29 is 0 Å². The Morgan fingerprint density at radius 2 is 1.07 bits per heavy atom. The number of aromatic nitrogens is 2. The number of pyridine rings is 2. The molecule has 0 amide bonds. The zero-order chi connectivity index (χ0) is 29.5. The maximum Gasteiger partial charge on any atom is 0.0726 e. The Kier molecular flexibility index (Phi) is 4.95. The molecule has 0 N–H and O–H groups in total. The van der Waals surface area contributed by atoms with Crippen molar-refractivity contribution in [1.29, 1.82) is 0 Å². The van der Waals surface area contributed by atoms with E-state index in [0.717, 1.165) is 16.8 Å². The van der Waals surface area contributed by atoms with E-state index in [4.69, 9.17) is 4.98 Å². The van der Waals surface area contributed by atoms with Crippen LogP contribution in [0.3, 0.4) is 0 Å². The molecule has 208 valence electrons. The van der Waals surface area contributed by atoms with Gasteiger partial charge in [-0.1, -0.05) is 103 Å². The molecule has 2 aromatic heterocycles. The number of hydrogen-bond acceptors (Lipinski definition) is 2. The van der Waals surface area contributed by atoms with E-state index < -0.39 is 5.41 Å². The van der Waals surface area contributed by atoms with Crippen LogP contribution in [0.15, 0.2) is 158 Å². The van der Waals surface area contributed by atoms with Crippen LogP contribution < -0.4 is 0 Å². The van der Waals surface area contributed by atoms with Crippen LogP contribution in [0.2, 0.25) is 0 Å². The van der Waals surface area contributed by atoms with Gasteiger partial charge in [-0.25, -0.2) is 0 Å². The van der Waals surface area contributed by atoms with Gasteiger partial charge in [0.15, 0.2) is 0 Å². The van der Waals surface area contributed by atoms with Crippen LogP contribution in [-0.4, -0.2) is 9.97 Å². The second-order valence-corrected chi connectivity index (χ2v) is 12.2. The fraction of sp³-hybridized carbons (Fsp3) is 0.0233. The minimum absolute atomic E-state index is 0.438. The van der Waals surface area contributed by atoms with E-state index in [1.54, 1.807) is 0 Å². The lowest BCUT2D eigenvalue weighted by Crippen LogP contribution is -2.26. The fourth-order valence-corrected chi connectivity index (χ4v) is 8.18. The highest BCUT2D eigenvalue weighted by atomic mass is 14.7. The summed E-state index contributed by atoms with van der Waals surface area (Å²) >= 11 is 0. The monoisotopic (exact) mass is 570 g/mol. The van der Waals surface area contributed by atoms with Crippen LogP contribution in [-0.2, 0) is 5.41 Å². The molecule has 2 aliphatic rings.